The molecule has 2 aromatic rings. The number of benzene rings is 1. The summed E-state index contributed by atoms with van der Waals surface area (Å²) in [5, 5.41) is 6.07. The second-order valence-corrected chi connectivity index (χ2v) is 3.94. The number of anilines is 2. The number of aromatic nitrogens is 2. The van der Waals surface area contributed by atoms with E-state index >= 15 is 0 Å². The lowest BCUT2D eigenvalue weighted by Crippen LogP contribution is -2.09. The normalized spacial score (nSPS) is 11.9. The molecule has 1 heterocycles. The summed E-state index contributed by atoms with van der Waals surface area (Å²) in [6.45, 7) is 1.95. The second-order valence-electron chi connectivity index (χ2n) is 3.94. The molecule has 18 heavy (non-hydrogen) atoms. The fraction of sp³-hybridized carbons (Fsp3) is 0.231. The maximum Gasteiger partial charge on any atom is 0.224 e. The molecule has 0 saturated carbocycles. The standard InChI is InChI=1S/C13H15FN4/c1-9(10-4-3-5-11(14)8-10)17-12-6-7-16-13(15-2)18-12/h3-9H,1-2H3,(H2,15,16,17,18). The Morgan fingerprint density at radius 3 is 2.83 bits per heavy atom. The molecule has 0 saturated heterocycles. The molecule has 0 aliphatic heterocycles. The summed E-state index contributed by atoms with van der Waals surface area (Å²) in [6, 6.07) is 8.26. The maximum atomic E-state index is 13.1. The Balaban J connectivity index is 2.13. The van der Waals surface area contributed by atoms with Crippen LogP contribution in [0, 0.1) is 5.82 Å². The number of hydrogen-bond donors (Lipinski definition) is 2. The molecule has 1 aromatic heterocycles. The molecule has 4 nitrogen and oxygen atoms in total. The van der Waals surface area contributed by atoms with Crippen molar-refractivity contribution in [2.24, 2.45) is 0 Å². The van der Waals surface area contributed by atoms with E-state index in [-0.39, 0.29) is 11.9 Å². The van der Waals surface area contributed by atoms with Gasteiger partial charge in [-0.3, -0.25) is 0 Å². The molecule has 2 rings (SSSR count). The first-order valence-electron chi connectivity index (χ1n) is 5.72. The average molecular weight is 246 g/mol. The van der Waals surface area contributed by atoms with Crippen LogP contribution in [0.15, 0.2) is 36.5 Å². The van der Waals surface area contributed by atoms with Gasteiger partial charge in [-0.2, -0.15) is 4.98 Å². The largest absolute Gasteiger partial charge is 0.363 e. The minimum Gasteiger partial charge on any atom is -0.363 e. The topological polar surface area (TPSA) is 49.8 Å². The van der Waals surface area contributed by atoms with E-state index < -0.39 is 0 Å². The number of hydrogen-bond acceptors (Lipinski definition) is 4. The van der Waals surface area contributed by atoms with Crippen LogP contribution in [-0.2, 0) is 0 Å². The smallest absolute Gasteiger partial charge is 0.224 e. The molecule has 2 N–H and O–H groups in total. The summed E-state index contributed by atoms with van der Waals surface area (Å²) in [5.41, 5.74) is 0.875. The molecule has 94 valence electrons. The fourth-order valence-electron chi connectivity index (χ4n) is 1.64. The Bertz CT molecular complexity index is 530. The van der Waals surface area contributed by atoms with Crippen molar-refractivity contribution in [3.8, 4) is 0 Å². The van der Waals surface area contributed by atoms with Gasteiger partial charge in [-0.25, -0.2) is 9.37 Å². The zero-order chi connectivity index (χ0) is 13.0. The maximum absolute atomic E-state index is 13.1. The van der Waals surface area contributed by atoms with Gasteiger partial charge in [0.05, 0.1) is 6.04 Å². The highest BCUT2D eigenvalue weighted by molar-refractivity contribution is 5.41. The molecule has 0 aliphatic carbocycles. The second kappa shape index (κ2) is 5.44. The van der Waals surface area contributed by atoms with Gasteiger partial charge in [-0.05, 0) is 30.7 Å². The van der Waals surface area contributed by atoms with Crippen LogP contribution in [0.4, 0.5) is 16.2 Å². The van der Waals surface area contributed by atoms with Crippen LogP contribution >= 0.6 is 0 Å². The molecule has 0 bridgehead atoms. The van der Waals surface area contributed by atoms with Crippen LogP contribution in [-0.4, -0.2) is 17.0 Å². The Morgan fingerprint density at radius 1 is 1.28 bits per heavy atom. The third-order valence-corrected chi connectivity index (χ3v) is 2.59. The van der Waals surface area contributed by atoms with Crippen molar-refractivity contribution in [1.82, 2.24) is 9.97 Å². The van der Waals surface area contributed by atoms with Crippen molar-refractivity contribution < 1.29 is 4.39 Å². The van der Waals surface area contributed by atoms with Gasteiger partial charge in [-0.1, -0.05) is 12.1 Å². The van der Waals surface area contributed by atoms with Crippen LogP contribution in [0.1, 0.15) is 18.5 Å². The van der Waals surface area contributed by atoms with E-state index in [1.165, 1.54) is 12.1 Å². The van der Waals surface area contributed by atoms with Gasteiger partial charge < -0.3 is 10.6 Å². The van der Waals surface area contributed by atoms with E-state index in [1.54, 1.807) is 25.4 Å². The zero-order valence-corrected chi connectivity index (χ0v) is 10.3. The van der Waals surface area contributed by atoms with E-state index in [1.807, 2.05) is 13.0 Å². The van der Waals surface area contributed by atoms with Crippen molar-refractivity contribution in [2.45, 2.75) is 13.0 Å². The summed E-state index contributed by atoms with van der Waals surface area (Å²) < 4.78 is 13.1. The molecule has 1 unspecified atom stereocenters. The van der Waals surface area contributed by atoms with Gasteiger partial charge in [0.15, 0.2) is 0 Å². The molecule has 1 atom stereocenters. The van der Waals surface area contributed by atoms with E-state index in [9.17, 15) is 4.39 Å². The number of nitrogens with one attached hydrogen (secondary N) is 2. The summed E-state index contributed by atoms with van der Waals surface area (Å²) in [6.07, 6.45) is 1.67. The molecule has 0 radical (unpaired) electrons. The van der Waals surface area contributed by atoms with Gasteiger partial charge >= 0.3 is 0 Å². The van der Waals surface area contributed by atoms with Crippen molar-refractivity contribution in [3.05, 3.63) is 47.9 Å². The molecule has 0 aliphatic rings. The van der Waals surface area contributed by atoms with Crippen molar-refractivity contribution >= 4 is 11.8 Å². The van der Waals surface area contributed by atoms with Gasteiger partial charge in [0.2, 0.25) is 5.95 Å². The van der Waals surface area contributed by atoms with Gasteiger partial charge in [0.25, 0.3) is 0 Å². The minimum absolute atomic E-state index is 0.0275. The monoisotopic (exact) mass is 246 g/mol. The molecule has 0 amide bonds. The third-order valence-electron chi connectivity index (χ3n) is 2.59. The lowest BCUT2D eigenvalue weighted by atomic mass is 10.1. The molecular weight excluding hydrogens is 231 g/mol. The highest BCUT2D eigenvalue weighted by Gasteiger charge is 2.07. The van der Waals surface area contributed by atoms with E-state index in [4.69, 9.17) is 0 Å². The van der Waals surface area contributed by atoms with Crippen molar-refractivity contribution in [2.75, 3.05) is 17.7 Å². The third kappa shape index (κ3) is 2.94. The quantitative estimate of drug-likeness (QED) is 0.871. The van der Waals surface area contributed by atoms with Crippen LogP contribution in [0.5, 0.6) is 0 Å². The van der Waals surface area contributed by atoms with Crippen LogP contribution < -0.4 is 10.6 Å². The van der Waals surface area contributed by atoms with Crippen molar-refractivity contribution in [3.63, 3.8) is 0 Å². The highest BCUT2D eigenvalue weighted by Crippen LogP contribution is 2.18. The number of rotatable bonds is 4. The minimum atomic E-state index is -0.236. The molecule has 5 heteroatoms. The number of nitrogens with zero attached hydrogens (tertiary/aromatic N) is 2. The Labute approximate surface area is 105 Å². The van der Waals surface area contributed by atoms with E-state index in [2.05, 4.69) is 20.6 Å². The summed E-state index contributed by atoms with van der Waals surface area (Å²) >= 11 is 0. The zero-order valence-electron chi connectivity index (χ0n) is 10.3. The Hall–Kier alpha value is -2.17. The first kappa shape index (κ1) is 12.3. The Morgan fingerprint density at radius 2 is 2.11 bits per heavy atom. The van der Waals surface area contributed by atoms with E-state index in [0.717, 1.165) is 5.56 Å². The van der Waals surface area contributed by atoms with Gasteiger partial charge in [0, 0.05) is 13.2 Å². The predicted octanol–water partition coefficient (Wildman–Crippen LogP) is 2.83. The first-order valence-corrected chi connectivity index (χ1v) is 5.72. The summed E-state index contributed by atoms with van der Waals surface area (Å²) in [7, 11) is 1.76. The number of halogens is 1. The summed E-state index contributed by atoms with van der Waals surface area (Å²) in [5.74, 6) is 1.01. The Kier molecular flexibility index (Phi) is 3.72. The average Bonchev–Trinajstić information content (AvgIpc) is 2.39. The van der Waals surface area contributed by atoms with Crippen LogP contribution in [0.25, 0.3) is 0 Å². The van der Waals surface area contributed by atoms with Gasteiger partial charge in [-0.15, -0.1) is 0 Å². The van der Waals surface area contributed by atoms with Crippen LogP contribution in [0.2, 0.25) is 0 Å². The molecule has 1 aromatic carbocycles. The highest BCUT2D eigenvalue weighted by atomic mass is 19.1. The van der Waals surface area contributed by atoms with Crippen LogP contribution in [0.3, 0.4) is 0 Å². The fourth-order valence-corrected chi connectivity index (χ4v) is 1.64. The lowest BCUT2D eigenvalue weighted by Gasteiger charge is -2.15. The van der Waals surface area contributed by atoms with E-state index in [0.29, 0.717) is 11.8 Å². The van der Waals surface area contributed by atoms with Crippen molar-refractivity contribution in [1.29, 1.82) is 0 Å². The van der Waals surface area contributed by atoms with Gasteiger partial charge in [0.1, 0.15) is 11.6 Å². The SMILES string of the molecule is CNc1nccc(NC(C)c2cccc(F)c2)n1. The molecule has 0 fully saturated rings. The first-order chi connectivity index (χ1) is 8.69. The summed E-state index contributed by atoms with van der Waals surface area (Å²) in [4.78, 5) is 8.28. The molecule has 0 spiro atoms. The molecular formula is C13H15FN4. The lowest BCUT2D eigenvalue weighted by molar-refractivity contribution is 0.623. The predicted molar refractivity (Wildman–Crippen MR) is 70.0 cm³/mol.